The average molecular weight is 866 g/mol. The molecule has 1 aromatic carbocycles. The van der Waals surface area contributed by atoms with Gasteiger partial charge in [-0.05, 0) is 50.0 Å². The fourth-order valence-electron chi connectivity index (χ4n) is 6.45. The molecule has 1 saturated heterocycles. The Kier molecular flexibility index (Phi) is 20.7. The first-order valence-corrected chi connectivity index (χ1v) is 21.4. The minimum Gasteiger partial charge on any atom is -0.379 e. The molecule has 4 atom stereocenters. The second kappa shape index (κ2) is 25.1. The standard InChI is InChI=1S/C39H59N7O13S/c1-26(2)36(43-31(47)14-17-57-19-21-59-22-20-58-18-16-46-34(50)12-13-35(46)51)39(53)41-23-32(48)42-29-10-8-28(9-11-29)25-60(54,55)44-33(49)24-40-38(52)27(3)37(56-5)30-7-6-15-45(30)4/h8-13,26-27,30,36-37H,6-7,14-25H2,1-5H3,(H,40,52)(H,41,53)(H,42,48)(H,43,47)(H,44,49). The molecule has 0 saturated carbocycles. The minimum absolute atomic E-state index is 0.0155. The number of carbonyl (C=O) groups is 7. The highest BCUT2D eigenvalue weighted by Crippen LogP contribution is 2.24. The van der Waals surface area contributed by atoms with E-state index in [-0.39, 0.29) is 82.5 Å². The van der Waals surface area contributed by atoms with Gasteiger partial charge in [-0.2, -0.15) is 0 Å². The molecule has 4 unspecified atom stereocenters. The van der Waals surface area contributed by atoms with Crippen LogP contribution < -0.4 is 26.0 Å². The van der Waals surface area contributed by atoms with Gasteiger partial charge < -0.3 is 45.1 Å². The number of amides is 7. The van der Waals surface area contributed by atoms with Crippen LogP contribution in [0.25, 0.3) is 0 Å². The Labute approximate surface area is 350 Å². The Hall–Kier alpha value is -4.80. The van der Waals surface area contributed by atoms with Gasteiger partial charge in [0.25, 0.3) is 17.7 Å². The second-order valence-electron chi connectivity index (χ2n) is 14.7. The molecule has 334 valence electrons. The van der Waals surface area contributed by atoms with E-state index in [0.29, 0.717) is 11.3 Å². The predicted molar refractivity (Wildman–Crippen MR) is 217 cm³/mol. The van der Waals surface area contributed by atoms with Crippen molar-refractivity contribution in [3.05, 3.63) is 42.0 Å². The summed E-state index contributed by atoms with van der Waals surface area (Å²) < 4.78 is 49.1. The van der Waals surface area contributed by atoms with Crippen LogP contribution in [-0.2, 0) is 68.3 Å². The summed E-state index contributed by atoms with van der Waals surface area (Å²) in [4.78, 5) is 89.3. The van der Waals surface area contributed by atoms with Crippen LogP contribution in [0.4, 0.5) is 5.69 Å². The molecule has 21 heteroatoms. The maximum Gasteiger partial charge on any atom is 0.253 e. The molecule has 2 aliphatic rings. The number of nitrogens with zero attached hydrogens (tertiary/aromatic N) is 2. The summed E-state index contributed by atoms with van der Waals surface area (Å²) in [6.07, 6.45) is 3.90. The van der Waals surface area contributed by atoms with E-state index in [0.717, 1.165) is 24.3 Å². The fourth-order valence-corrected chi connectivity index (χ4v) is 7.57. The van der Waals surface area contributed by atoms with Crippen molar-refractivity contribution in [2.45, 2.75) is 64.0 Å². The highest BCUT2D eigenvalue weighted by Gasteiger charge is 2.36. The maximum atomic E-state index is 12.9. The molecule has 0 aliphatic carbocycles. The summed E-state index contributed by atoms with van der Waals surface area (Å²) in [6.45, 7) is 6.59. The second-order valence-corrected chi connectivity index (χ2v) is 16.4. The highest BCUT2D eigenvalue weighted by molar-refractivity contribution is 7.89. The Morgan fingerprint density at radius 3 is 1.97 bits per heavy atom. The summed E-state index contributed by atoms with van der Waals surface area (Å²) in [6, 6.07) is 4.99. The number of hydrogen-bond acceptors (Lipinski definition) is 14. The number of ether oxygens (including phenoxy) is 4. The third kappa shape index (κ3) is 17.1. The van der Waals surface area contributed by atoms with Crippen molar-refractivity contribution < 1.29 is 60.9 Å². The summed E-state index contributed by atoms with van der Waals surface area (Å²) in [5, 5.41) is 10.3. The molecule has 60 heavy (non-hydrogen) atoms. The van der Waals surface area contributed by atoms with Gasteiger partial charge in [-0.3, -0.25) is 43.2 Å². The number of carbonyl (C=O) groups excluding carboxylic acids is 7. The number of benzene rings is 1. The van der Waals surface area contributed by atoms with Gasteiger partial charge in [-0.1, -0.05) is 32.9 Å². The molecule has 1 aromatic rings. The zero-order valence-electron chi connectivity index (χ0n) is 34.9. The molecule has 0 bridgehead atoms. The molecule has 2 aliphatic heterocycles. The SMILES string of the molecule is COC(C(C)C(=O)NCC(=O)NS(=O)(=O)Cc1ccc(NC(=O)CNC(=O)C(NC(=O)CCOCCOCCOCCN2C(=O)C=CC2=O)C(C)C)cc1)C1CCCN1C. The summed E-state index contributed by atoms with van der Waals surface area (Å²) >= 11 is 0. The number of hydrogen-bond donors (Lipinski definition) is 5. The van der Waals surface area contributed by atoms with E-state index in [4.69, 9.17) is 18.9 Å². The van der Waals surface area contributed by atoms with Gasteiger partial charge in [0.15, 0.2) is 0 Å². The third-order valence-corrected chi connectivity index (χ3v) is 10.9. The Balaban J connectivity index is 1.28. The monoisotopic (exact) mass is 865 g/mol. The molecule has 0 spiro atoms. The topological polar surface area (TPSA) is 257 Å². The molecule has 0 aromatic heterocycles. The van der Waals surface area contributed by atoms with Crippen molar-refractivity contribution in [3.8, 4) is 0 Å². The Bertz CT molecular complexity index is 1760. The van der Waals surface area contributed by atoms with E-state index in [9.17, 15) is 42.0 Å². The number of nitrogens with one attached hydrogen (secondary N) is 5. The van der Waals surface area contributed by atoms with E-state index in [1.807, 2.05) is 11.8 Å². The first kappa shape index (κ1) is 49.6. The van der Waals surface area contributed by atoms with Crippen LogP contribution >= 0.6 is 0 Å². The van der Waals surface area contributed by atoms with Gasteiger partial charge in [0.2, 0.25) is 33.7 Å². The highest BCUT2D eigenvalue weighted by atomic mass is 32.2. The van der Waals surface area contributed by atoms with Crippen molar-refractivity contribution >= 4 is 57.1 Å². The first-order chi connectivity index (χ1) is 28.5. The number of methoxy groups -OCH3 is 1. The molecule has 2 heterocycles. The fraction of sp³-hybridized carbons (Fsp3) is 0.615. The minimum atomic E-state index is -4.12. The smallest absolute Gasteiger partial charge is 0.253 e. The maximum absolute atomic E-state index is 12.9. The number of imide groups is 1. The molecule has 20 nitrogen and oxygen atoms in total. The zero-order chi connectivity index (χ0) is 44.2. The van der Waals surface area contributed by atoms with Crippen LogP contribution in [0.5, 0.6) is 0 Å². The van der Waals surface area contributed by atoms with Crippen LogP contribution in [0.1, 0.15) is 45.6 Å². The van der Waals surface area contributed by atoms with E-state index < -0.39 is 70.4 Å². The average Bonchev–Trinajstić information content (AvgIpc) is 3.77. The van der Waals surface area contributed by atoms with Crippen molar-refractivity contribution in [3.63, 3.8) is 0 Å². The largest absolute Gasteiger partial charge is 0.379 e. The molecular weight excluding hydrogens is 807 g/mol. The van der Waals surface area contributed by atoms with Crippen molar-refractivity contribution in [2.75, 3.05) is 85.3 Å². The number of likely N-dealkylation sites (N-methyl/N-ethyl adjacent to an activating group) is 1. The number of sulfonamides is 1. The van der Waals surface area contributed by atoms with Crippen LogP contribution in [0.2, 0.25) is 0 Å². The van der Waals surface area contributed by atoms with Gasteiger partial charge in [0, 0.05) is 37.4 Å². The predicted octanol–water partition coefficient (Wildman–Crippen LogP) is -0.945. The van der Waals surface area contributed by atoms with Gasteiger partial charge in [0.1, 0.15) is 6.04 Å². The molecule has 3 rings (SSSR count). The van der Waals surface area contributed by atoms with Crippen molar-refractivity contribution in [1.82, 2.24) is 30.5 Å². The van der Waals surface area contributed by atoms with Crippen LogP contribution in [0.3, 0.4) is 0 Å². The van der Waals surface area contributed by atoms with E-state index in [2.05, 4.69) is 26.2 Å². The van der Waals surface area contributed by atoms with E-state index in [1.165, 1.54) is 43.5 Å². The quantitative estimate of drug-likeness (QED) is 0.0529. The van der Waals surface area contributed by atoms with Gasteiger partial charge in [-0.15, -0.1) is 0 Å². The van der Waals surface area contributed by atoms with Gasteiger partial charge >= 0.3 is 0 Å². The third-order valence-electron chi connectivity index (χ3n) is 9.69. The Morgan fingerprint density at radius 1 is 0.800 bits per heavy atom. The molecular formula is C39H59N7O13S. The summed E-state index contributed by atoms with van der Waals surface area (Å²) in [5.41, 5.74) is 0.646. The van der Waals surface area contributed by atoms with Crippen molar-refractivity contribution in [2.24, 2.45) is 11.8 Å². The lowest BCUT2D eigenvalue weighted by Gasteiger charge is -2.31. The van der Waals surface area contributed by atoms with Crippen LogP contribution in [0, 0.1) is 11.8 Å². The molecule has 5 N–H and O–H groups in total. The molecule has 1 fully saturated rings. The van der Waals surface area contributed by atoms with E-state index in [1.54, 1.807) is 20.8 Å². The van der Waals surface area contributed by atoms with Crippen molar-refractivity contribution in [1.29, 1.82) is 0 Å². The van der Waals surface area contributed by atoms with Gasteiger partial charge in [-0.25, -0.2) is 8.42 Å². The van der Waals surface area contributed by atoms with Crippen LogP contribution in [0.15, 0.2) is 36.4 Å². The molecule has 0 radical (unpaired) electrons. The number of likely N-dealkylation sites (tertiary alicyclic amines) is 1. The lowest BCUT2D eigenvalue weighted by atomic mass is 9.95. The van der Waals surface area contributed by atoms with Gasteiger partial charge in [0.05, 0.1) is 77.1 Å². The zero-order valence-corrected chi connectivity index (χ0v) is 35.7. The lowest BCUT2D eigenvalue weighted by Crippen LogP contribution is -2.51. The normalized spacial score (nSPS) is 17.0. The summed E-state index contributed by atoms with van der Waals surface area (Å²) in [7, 11) is -0.620. The lowest BCUT2D eigenvalue weighted by molar-refractivity contribution is -0.138. The Morgan fingerprint density at radius 2 is 1.38 bits per heavy atom. The number of anilines is 1. The molecule has 7 amide bonds. The number of rotatable bonds is 27. The van der Waals surface area contributed by atoms with E-state index >= 15 is 0 Å². The first-order valence-electron chi connectivity index (χ1n) is 19.8. The van der Waals surface area contributed by atoms with Crippen LogP contribution in [-0.4, -0.2) is 158 Å². The summed E-state index contributed by atoms with van der Waals surface area (Å²) in [5.74, 6) is -5.01.